The van der Waals surface area contributed by atoms with E-state index in [1.807, 2.05) is 35.2 Å². The summed E-state index contributed by atoms with van der Waals surface area (Å²) in [5.74, 6) is 0. The fourth-order valence-electron chi connectivity index (χ4n) is 3.94. The number of fused-ring (bicyclic) bond motifs is 1. The lowest BCUT2D eigenvalue weighted by molar-refractivity contribution is 0.112. The molecule has 1 unspecified atom stereocenters. The molecule has 0 bridgehead atoms. The molecule has 1 heterocycles. The van der Waals surface area contributed by atoms with E-state index < -0.39 is 0 Å². The molecule has 1 saturated heterocycles. The average molecular weight is 431 g/mol. The topological polar surface area (TPSA) is 59.4 Å². The van der Waals surface area contributed by atoms with Gasteiger partial charge in [0, 0.05) is 17.5 Å². The van der Waals surface area contributed by atoms with E-state index in [4.69, 9.17) is 0 Å². The van der Waals surface area contributed by atoms with Crippen molar-refractivity contribution in [2.75, 3.05) is 6.54 Å². The van der Waals surface area contributed by atoms with Gasteiger partial charge in [0.25, 0.3) is 0 Å². The van der Waals surface area contributed by atoms with Crippen molar-refractivity contribution in [3.8, 4) is 6.07 Å². The number of nitrogens with zero attached hydrogens (tertiary/aromatic N) is 3. The Morgan fingerprint density at radius 3 is 2.77 bits per heavy atom. The summed E-state index contributed by atoms with van der Waals surface area (Å²) < 4.78 is 0. The number of amides is 2. The van der Waals surface area contributed by atoms with E-state index in [0.717, 1.165) is 36.3 Å². The first-order chi connectivity index (χ1) is 15.1. The second-order valence-electron chi connectivity index (χ2n) is 7.92. The number of piperidine rings is 1. The van der Waals surface area contributed by atoms with Crippen molar-refractivity contribution in [2.24, 2.45) is 0 Å². The van der Waals surface area contributed by atoms with Crippen LogP contribution in [0.5, 0.6) is 0 Å². The van der Waals surface area contributed by atoms with Gasteiger partial charge in [-0.1, -0.05) is 42.5 Å². The van der Waals surface area contributed by atoms with Crippen LogP contribution in [0.1, 0.15) is 37.3 Å². The molecule has 2 amide bonds. The van der Waals surface area contributed by atoms with Gasteiger partial charge in [-0.3, -0.25) is 0 Å². The molecule has 1 atom stereocenters. The molecule has 5 nitrogen and oxygen atoms in total. The molecule has 0 radical (unpaired) electrons. The molecule has 1 fully saturated rings. The van der Waals surface area contributed by atoms with Crippen LogP contribution < -0.4 is 4.83 Å². The maximum atomic E-state index is 13.4. The number of nitrogens with one attached hydrogen (secondary N) is 1. The maximum Gasteiger partial charge on any atom is 0.335 e. The Bertz CT molecular complexity index is 1110. The number of benzene rings is 3. The number of likely N-dealkylation sites (tertiary alicyclic amines) is 1. The van der Waals surface area contributed by atoms with E-state index in [9.17, 15) is 10.1 Å². The maximum absolute atomic E-state index is 13.4. The molecule has 158 valence electrons. The lowest BCUT2D eigenvalue weighted by Crippen LogP contribution is -2.52. The summed E-state index contributed by atoms with van der Waals surface area (Å²) in [4.78, 5) is 19.7. The third-order valence-electron chi connectivity index (χ3n) is 5.67. The van der Waals surface area contributed by atoms with Crippen molar-refractivity contribution < 1.29 is 4.79 Å². The molecule has 31 heavy (non-hydrogen) atoms. The van der Waals surface area contributed by atoms with Gasteiger partial charge >= 0.3 is 6.03 Å². The molecule has 4 rings (SSSR count). The summed E-state index contributed by atoms with van der Waals surface area (Å²) in [6.07, 6.45) is 3.22. The van der Waals surface area contributed by atoms with Gasteiger partial charge in [0.1, 0.15) is 0 Å². The highest BCUT2D eigenvalue weighted by Gasteiger charge is 2.27. The molecule has 6 heteroatoms. The molecule has 0 aromatic heterocycles. The lowest BCUT2D eigenvalue weighted by Gasteiger charge is -2.37. The number of urea groups is 1. The van der Waals surface area contributed by atoms with Crippen molar-refractivity contribution in [1.82, 2.24) is 14.7 Å². The molecule has 0 aliphatic carbocycles. The molecule has 3 aromatic rings. The normalized spacial score (nSPS) is 16.1. The average Bonchev–Trinajstić information content (AvgIpc) is 2.81. The Labute approximate surface area is 187 Å². The van der Waals surface area contributed by atoms with Crippen LogP contribution in [0.3, 0.4) is 0 Å². The fraction of sp³-hybridized carbons (Fsp3) is 0.280. The number of hydrogen-bond acceptors (Lipinski definition) is 4. The van der Waals surface area contributed by atoms with Gasteiger partial charge in [0.05, 0.1) is 18.2 Å². The van der Waals surface area contributed by atoms with E-state index in [2.05, 4.69) is 48.2 Å². The van der Waals surface area contributed by atoms with E-state index in [0.29, 0.717) is 12.1 Å². The summed E-state index contributed by atoms with van der Waals surface area (Å²) in [5, 5.41) is 13.2. The SMILES string of the molecule is CC1CCCCN1C(=O)N(Cc1cccc(C#N)c1)NSc1ccc2ccccc2c1. The third-order valence-corrected chi connectivity index (χ3v) is 6.47. The Hall–Kier alpha value is -3.01. The van der Waals surface area contributed by atoms with Crippen LogP contribution in [0.4, 0.5) is 4.79 Å². The summed E-state index contributed by atoms with van der Waals surface area (Å²) in [7, 11) is 0. The van der Waals surface area contributed by atoms with E-state index in [-0.39, 0.29) is 12.1 Å². The molecule has 1 aliphatic heterocycles. The highest BCUT2D eigenvalue weighted by atomic mass is 32.2. The van der Waals surface area contributed by atoms with Crippen LogP contribution in [0.2, 0.25) is 0 Å². The Balaban J connectivity index is 1.54. The monoisotopic (exact) mass is 430 g/mol. The number of nitriles is 1. The Morgan fingerprint density at radius 2 is 1.97 bits per heavy atom. The second-order valence-corrected chi connectivity index (χ2v) is 8.78. The molecule has 3 aromatic carbocycles. The van der Waals surface area contributed by atoms with Gasteiger partial charge in [-0.2, -0.15) is 10.1 Å². The van der Waals surface area contributed by atoms with Crippen molar-refractivity contribution in [1.29, 1.82) is 5.26 Å². The van der Waals surface area contributed by atoms with E-state index in [1.54, 1.807) is 11.1 Å². The first-order valence-electron chi connectivity index (χ1n) is 10.6. The highest BCUT2D eigenvalue weighted by molar-refractivity contribution is 7.97. The number of hydrazine groups is 1. The quantitative estimate of drug-likeness (QED) is 0.415. The van der Waals surface area contributed by atoms with Crippen LogP contribution in [0, 0.1) is 11.3 Å². The zero-order valence-electron chi connectivity index (χ0n) is 17.6. The standard InChI is InChI=1S/C25H26N4OS/c1-19-7-4-5-14-28(19)25(30)29(18-21-9-6-8-20(15-21)17-26)27-31-24-13-12-22-10-2-3-11-23(22)16-24/h2-3,6,8-13,15-16,19,27H,4-5,7,14,18H2,1H3. The molecule has 1 N–H and O–H groups in total. The van der Waals surface area contributed by atoms with Crippen molar-refractivity contribution in [2.45, 2.75) is 43.7 Å². The van der Waals surface area contributed by atoms with Crippen LogP contribution in [-0.4, -0.2) is 28.5 Å². The minimum absolute atomic E-state index is 0.0251. The summed E-state index contributed by atoms with van der Waals surface area (Å²) in [5.41, 5.74) is 1.52. The van der Waals surface area contributed by atoms with Crippen molar-refractivity contribution in [3.63, 3.8) is 0 Å². The van der Waals surface area contributed by atoms with Gasteiger partial charge < -0.3 is 4.90 Å². The molecular formula is C25H26N4OS. The van der Waals surface area contributed by atoms with Gasteiger partial charge in [-0.15, -0.1) is 0 Å². The van der Waals surface area contributed by atoms with Crippen molar-refractivity contribution >= 4 is 28.8 Å². The van der Waals surface area contributed by atoms with Crippen molar-refractivity contribution in [3.05, 3.63) is 77.9 Å². The van der Waals surface area contributed by atoms with Crippen LogP contribution in [0.25, 0.3) is 10.8 Å². The van der Waals surface area contributed by atoms with E-state index >= 15 is 0 Å². The predicted molar refractivity (Wildman–Crippen MR) is 125 cm³/mol. The summed E-state index contributed by atoms with van der Waals surface area (Å²) in [6.45, 7) is 3.28. The number of carbonyl (C=O) groups is 1. The minimum Gasteiger partial charge on any atom is -0.321 e. The van der Waals surface area contributed by atoms with Gasteiger partial charge in [-0.05, 0) is 78.7 Å². The largest absolute Gasteiger partial charge is 0.335 e. The number of carbonyl (C=O) groups excluding carboxylic acids is 1. The molecule has 0 saturated carbocycles. The first-order valence-corrected chi connectivity index (χ1v) is 11.4. The molecule has 1 aliphatic rings. The van der Waals surface area contributed by atoms with Crippen LogP contribution in [-0.2, 0) is 6.54 Å². The Kier molecular flexibility index (Phi) is 6.76. The number of hydrogen-bond donors (Lipinski definition) is 1. The van der Waals surface area contributed by atoms with Crippen LogP contribution in [0.15, 0.2) is 71.6 Å². The minimum atomic E-state index is -0.0251. The zero-order chi connectivity index (χ0) is 21.6. The highest BCUT2D eigenvalue weighted by Crippen LogP contribution is 2.24. The number of rotatable bonds is 5. The van der Waals surface area contributed by atoms with E-state index in [1.165, 1.54) is 22.7 Å². The predicted octanol–water partition coefficient (Wildman–Crippen LogP) is 5.72. The van der Waals surface area contributed by atoms with Gasteiger partial charge in [0.2, 0.25) is 0 Å². The summed E-state index contributed by atoms with van der Waals surface area (Å²) >= 11 is 1.43. The summed E-state index contributed by atoms with van der Waals surface area (Å²) in [6, 6.07) is 24.3. The molecule has 0 spiro atoms. The fourth-order valence-corrected chi connectivity index (χ4v) is 4.62. The van der Waals surface area contributed by atoms with Crippen LogP contribution >= 0.6 is 11.9 Å². The van der Waals surface area contributed by atoms with Gasteiger partial charge in [0.15, 0.2) is 0 Å². The zero-order valence-corrected chi connectivity index (χ0v) is 18.4. The Morgan fingerprint density at radius 1 is 1.13 bits per heavy atom. The lowest BCUT2D eigenvalue weighted by atomic mass is 10.0. The molecular weight excluding hydrogens is 404 g/mol. The first kappa shape index (κ1) is 21.2. The second kappa shape index (κ2) is 9.86. The third kappa shape index (κ3) is 5.19. The van der Waals surface area contributed by atoms with Gasteiger partial charge in [-0.25, -0.2) is 9.80 Å². The smallest absolute Gasteiger partial charge is 0.321 e.